The summed E-state index contributed by atoms with van der Waals surface area (Å²) < 4.78 is 10.7. The Morgan fingerprint density at radius 2 is 1.65 bits per heavy atom. The second kappa shape index (κ2) is 6.87. The third-order valence-corrected chi connectivity index (χ3v) is 3.41. The first-order chi connectivity index (χ1) is 11.2. The van der Waals surface area contributed by atoms with E-state index >= 15 is 0 Å². The number of carbonyl (C=O) groups excluding carboxylic acids is 1. The van der Waals surface area contributed by atoms with Crippen molar-refractivity contribution in [1.82, 2.24) is 4.90 Å². The fourth-order valence-electron chi connectivity index (χ4n) is 2.31. The Hall–Kier alpha value is -2.95. The normalized spacial score (nSPS) is 10.5. The third kappa shape index (κ3) is 4.03. The lowest BCUT2D eigenvalue weighted by Gasteiger charge is -2.21. The predicted octanol–water partition coefficient (Wildman–Crippen LogP) is 4.42. The van der Waals surface area contributed by atoms with E-state index in [1.54, 1.807) is 29.6 Å². The molecule has 0 saturated carbocycles. The SMILES string of the molecule is Cc1cccc(NC(=O)N(Cc2ccco2)Cc2ccco2)c1. The molecule has 3 rings (SSSR count). The number of anilines is 1. The van der Waals surface area contributed by atoms with E-state index in [0.717, 1.165) is 22.8 Å². The van der Waals surface area contributed by atoms with Crippen LogP contribution >= 0.6 is 0 Å². The molecule has 0 fully saturated rings. The first-order valence-corrected chi connectivity index (χ1v) is 7.38. The van der Waals surface area contributed by atoms with Crippen molar-refractivity contribution in [1.29, 1.82) is 0 Å². The van der Waals surface area contributed by atoms with Crippen LogP contribution in [0.25, 0.3) is 0 Å². The summed E-state index contributed by atoms with van der Waals surface area (Å²) in [5, 5.41) is 2.91. The zero-order chi connectivity index (χ0) is 16.1. The number of furan rings is 2. The van der Waals surface area contributed by atoms with Gasteiger partial charge in [0.2, 0.25) is 0 Å². The number of rotatable bonds is 5. The second-order valence-electron chi connectivity index (χ2n) is 5.31. The van der Waals surface area contributed by atoms with Crippen LogP contribution in [0, 0.1) is 6.92 Å². The fourth-order valence-corrected chi connectivity index (χ4v) is 2.31. The number of nitrogens with one attached hydrogen (secondary N) is 1. The molecule has 0 aliphatic carbocycles. The largest absolute Gasteiger partial charge is 0.467 e. The van der Waals surface area contributed by atoms with Crippen molar-refractivity contribution in [2.75, 3.05) is 5.32 Å². The number of amides is 2. The standard InChI is InChI=1S/C18H18N2O3/c1-14-5-2-6-15(11-14)19-18(21)20(12-16-7-3-9-22-16)13-17-8-4-10-23-17/h2-11H,12-13H2,1H3,(H,19,21). The summed E-state index contributed by atoms with van der Waals surface area (Å²) in [4.78, 5) is 14.2. The number of carbonyl (C=O) groups is 1. The summed E-state index contributed by atoms with van der Waals surface area (Å²) in [6, 6.07) is 14.8. The zero-order valence-corrected chi connectivity index (χ0v) is 12.9. The highest BCUT2D eigenvalue weighted by Gasteiger charge is 2.17. The molecular formula is C18H18N2O3. The van der Waals surface area contributed by atoms with Gasteiger partial charge in [-0.05, 0) is 48.9 Å². The average molecular weight is 310 g/mol. The molecule has 0 spiro atoms. The van der Waals surface area contributed by atoms with Crippen LogP contribution in [0.1, 0.15) is 17.1 Å². The van der Waals surface area contributed by atoms with E-state index in [-0.39, 0.29) is 6.03 Å². The zero-order valence-electron chi connectivity index (χ0n) is 12.9. The van der Waals surface area contributed by atoms with Gasteiger partial charge in [-0.2, -0.15) is 0 Å². The van der Waals surface area contributed by atoms with Gasteiger partial charge >= 0.3 is 6.03 Å². The molecule has 0 saturated heterocycles. The van der Waals surface area contributed by atoms with E-state index < -0.39 is 0 Å². The van der Waals surface area contributed by atoms with Crippen LogP contribution in [0.3, 0.4) is 0 Å². The van der Waals surface area contributed by atoms with Crippen molar-refractivity contribution in [2.24, 2.45) is 0 Å². The summed E-state index contributed by atoms with van der Waals surface area (Å²) in [5.41, 5.74) is 1.85. The minimum absolute atomic E-state index is 0.205. The molecule has 0 radical (unpaired) electrons. The van der Waals surface area contributed by atoms with Crippen LogP contribution in [-0.2, 0) is 13.1 Å². The minimum atomic E-state index is -0.205. The molecule has 23 heavy (non-hydrogen) atoms. The molecular weight excluding hydrogens is 292 g/mol. The van der Waals surface area contributed by atoms with Crippen molar-refractivity contribution >= 4 is 11.7 Å². The molecule has 5 heteroatoms. The van der Waals surface area contributed by atoms with Gasteiger partial charge in [0.15, 0.2) is 0 Å². The van der Waals surface area contributed by atoms with Crippen LogP contribution in [0.2, 0.25) is 0 Å². The molecule has 2 aromatic heterocycles. The van der Waals surface area contributed by atoms with Gasteiger partial charge in [0.25, 0.3) is 0 Å². The number of nitrogens with zero attached hydrogens (tertiary/aromatic N) is 1. The highest BCUT2D eigenvalue weighted by Crippen LogP contribution is 2.15. The molecule has 2 amide bonds. The quantitative estimate of drug-likeness (QED) is 0.759. The molecule has 1 N–H and O–H groups in total. The molecule has 5 nitrogen and oxygen atoms in total. The monoisotopic (exact) mass is 310 g/mol. The van der Waals surface area contributed by atoms with E-state index in [0.29, 0.717) is 13.1 Å². The molecule has 0 unspecified atom stereocenters. The molecule has 0 atom stereocenters. The Morgan fingerprint density at radius 3 is 2.17 bits per heavy atom. The smallest absolute Gasteiger partial charge is 0.322 e. The van der Waals surface area contributed by atoms with E-state index in [2.05, 4.69) is 5.32 Å². The lowest BCUT2D eigenvalue weighted by atomic mass is 10.2. The van der Waals surface area contributed by atoms with Crippen LogP contribution < -0.4 is 5.32 Å². The van der Waals surface area contributed by atoms with Crippen molar-refractivity contribution in [3.8, 4) is 0 Å². The maximum absolute atomic E-state index is 12.6. The van der Waals surface area contributed by atoms with Gasteiger partial charge in [-0.1, -0.05) is 12.1 Å². The fraction of sp³-hybridized carbons (Fsp3) is 0.167. The molecule has 1 aromatic carbocycles. The van der Waals surface area contributed by atoms with Gasteiger partial charge in [-0.15, -0.1) is 0 Å². The van der Waals surface area contributed by atoms with Crippen LogP contribution in [0.4, 0.5) is 10.5 Å². The van der Waals surface area contributed by atoms with E-state index in [9.17, 15) is 4.79 Å². The first-order valence-electron chi connectivity index (χ1n) is 7.38. The number of benzene rings is 1. The third-order valence-electron chi connectivity index (χ3n) is 3.41. The van der Waals surface area contributed by atoms with Crippen molar-refractivity contribution in [3.63, 3.8) is 0 Å². The topological polar surface area (TPSA) is 58.6 Å². The highest BCUT2D eigenvalue weighted by atomic mass is 16.3. The average Bonchev–Trinajstić information content (AvgIpc) is 3.20. The molecule has 2 heterocycles. The van der Waals surface area contributed by atoms with Crippen molar-refractivity contribution in [3.05, 3.63) is 78.1 Å². The maximum Gasteiger partial charge on any atom is 0.322 e. The Bertz CT molecular complexity index is 712. The Labute approximate surface area is 134 Å². The predicted molar refractivity (Wildman–Crippen MR) is 86.9 cm³/mol. The van der Waals surface area contributed by atoms with Crippen molar-refractivity contribution in [2.45, 2.75) is 20.0 Å². The van der Waals surface area contributed by atoms with E-state index in [1.165, 1.54) is 0 Å². The first kappa shape index (κ1) is 15.0. The summed E-state index contributed by atoms with van der Waals surface area (Å²) in [7, 11) is 0. The Balaban J connectivity index is 1.74. The van der Waals surface area contributed by atoms with Gasteiger partial charge in [-0.25, -0.2) is 4.79 Å². The summed E-state index contributed by atoms with van der Waals surface area (Å²) in [6.45, 7) is 2.72. The number of hydrogen-bond acceptors (Lipinski definition) is 3. The van der Waals surface area contributed by atoms with Gasteiger partial charge in [0.1, 0.15) is 11.5 Å². The molecule has 0 bridgehead atoms. The van der Waals surface area contributed by atoms with Crippen molar-refractivity contribution < 1.29 is 13.6 Å². The minimum Gasteiger partial charge on any atom is -0.467 e. The molecule has 118 valence electrons. The van der Waals surface area contributed by atoms with Gasteiger partial charge in [0.05, 0.1) is 25.6 Å². The summed E-state index contributed by atoms with van der Waals surface area (Å²) in [6.07, 6.45) is 3.19. The van der Waals surface area contributed by atoms with E-state index in [4.69, 9.17) is 8.83 Å². The Kier molecular flexibility index (Phi) is 4.47. The Morgan fingerprint density at radius 1 is 1.00 bits per heavy atom. The molecule has 0 aliphatic rings. The van der Waals surface area contributed by atoms with Crippen LogP contribution in [0.5, 0.6) is 0 Å². The summed E-state index contributed by atoms with van der Waals surface area (Å²) >= 11 is 0. The maximum atomic E-state index is 12.6. The number of urea groups is 1. The lowest BCUT2D eigenvalue weighted by molar-refractivity contribution is 0.195. The molecule has 3 aromatic rings. The summed E-state index contributed by atoms with van der Waals surface area (Å²) in [5.74, 6) is 1.44. The second-order valence-corrected chi connectivity index (χ2v) is 5.31. The number of hydrogen-bond donors (Lipinski definition) is 1. The van der Waals surface area contributed by atoms with Gasteiger partial charge in [-0.3, -0.25) is 0 Å². The highest BCUT2D eigenvalue weighted by molar-refractivity contribution is 5.89. The van der Waals surface area contributed by atoms with Crippen LogP contribution in [-0.4, -0.2) is 10.9 Å². The van der Waals surface area contributed by atoms with Crippen LogP contribution in [0.15, 0.2) is 69.9 Å². The van der Waals surface area contributed by atoms with E-state index in [1.807, 2.05) is 43.3 Å². The lowest BCUT2D eigenvalue weighted by Crippen LogP contribution is -2.33. The number of aryl methyl sites for hydroxylation is 1. The van der Waals surface area contributed by atoms with Gasteiger partial charge in [0, 0.05) is 5.69 Å². The molecule has 0 aliphatic heterocycles. The van der Waals surface area contributed by atoms with Gasteiger partial charge < -0.3 is 19.1 Å².